The van der Waals surface area contributed by atoms with Crippen LogP contribution in [0.1, 0.15) is 43.9 Å². The van der Waals surface area contributed by atoms with Gasteiger partial charge in [0.25, 0.3) is 0 Å². The number of aromatic nitrogens is 2. The van der Waals surface area contributed by atoms with Gasteiger partial charge in [-0.1, -0.05) is 13.8 Å². The minimum Gasteiger partial charge on any atom is -0.341 e. The lowest BCUT2D eigenvalue weighted by molar-refractivity contribution is -0.135. The van der Waals surface area contributed by atoms with Gasteiger partial charge >= 0.3 is 0 Å². The van der Waals surface area contributed by atoms with E-state index in [9.17, 15) is 4.79 Å². The Labute approximate surface area is 127 Å². The van der Waals surface area contributed by atoms with Crippen molar-refractivity contribution in [3.63, 3.8) is 0 Å². The van der Waals surface area contributed by atoms with Crippen LogP contribution in [0.3, 0.4) is 0 Å². The van der Waals surface area contributed by atoms with Gasteiger partial charge in [-0.2, -0.15) is 0 Å². The molecule has 0 spiro atoms. The van der Waals surface area contributed by atoms with Gasteiger partial charge in [0.05, 0.1) is 12.2 Å². The monoisotopic (exact) mass is 292 g/mol. The van der Waals surface area contributed by atoms with Gasteiger partial charge in [-0.3, -0.25) is 4.79 Å². The van der Waals surface area contributed by atoms with Gasteiger partial charge in [0, 0.05) is 37.8 Å². The Morgan fingerprint density at radius 1 is 1.43 bits per heavy atom. The third-order valence-corrected chi connectivity index (χ3v) is 4.49. The van der Waals surface area contributed by atoms with Crippen LogP contribution in [0, 0.1) is 19.8 Å². The van der Waals surface area contributed by atoms with Gasteiger partial charge in [0.2, 0.25) is 5.91 Å². The van der Waals surface area contributed by atoms with E-state index in [0.717, 1.165) is 44.0 Å². The molecule has 0 radical (unpaired) electrons. The van der Waals surface area contributed by atoms with Gasteiger partial charge in [-0.05, 0) is 26.7 Å². The Kier molecular flexibility index (Phi) is 5.04. The number of hydrogen-bond acceptors (Lipinski definition) is 3. The lowest BCUT2D eigenvalue weighted by Gasteiger charge is -2.34. The lowest BCUT2D eigenvalue weighted by Crippen LogP contribution is -2.49. The van der Waals surface area contributed by atoms with Gasteiger partial charge in [0.15, 0.2) is 0 Å². The second kappa shape index (κ2) is 6.60. The number of carbonyl (C=O) groups is 1. The van der Waals surface area contributed by atoms with Crippen molar-refractivity contribution in [1.82, 2.24) is 19.8 Å². The minimum atomic E-state index is 0.0867. The van der Waals surface area contributed by atoms with E-state index in [4.69, 9.17) is 0 Å². The van der Waals surface area contributed by atoms with Crippen LogP contribution in [0.25, 0.3) is 0 Å². The SMILES string of the molecule is Cc1nc(CNC2CCCN(C(=O)C(C)C)C2)n(C)c1C. The van der Waals surface area contributed by atoms with Crippen molar-refractivity contribution >= 4 is 5.91 Å². The van der Waals surface area contributed by atoms with E-state index in [0.29, 0.717) is 6.04 Å². The first-order valence-corrected chi connectivity index (χ1v) is 7.91. The third-order valence-electron chi connectivity index (χ3n) is 4.49. The maximum atomic E-state index is 12.1. The molecule has 1 atom stereocenters. The Hall–Kier alpha value is -1.36. The molecule has 0 aliphatic carbocycles. The fourth-order valence-corrected chi connectivity index (χ4v) is 2.89. The van der Waals surface area contributed by atoms with E-state index in [1.165, 1.54) is 5.69 Å². The molecular weight excluding hydrogens is 264 g/mol. The molecule has 118 valence electrons. The van der Waals surface area contributed by atoms with Crippen LogP contribution < -0.4 is 5.32 Å². The molecule has 21 heavy (non-hydrogen) atoms. The number of hydrogen-bond donors (Lipinski definition) is 1. The summed E-state index contributed by atoms with van der Waals surface area (Å²) in [6.07, 6.45) is 2.21. The van der Waals surface area contributed by atoms with Crippen molar-refractivity contribution in [2.45, 2.75) is 53.1 Å². The van der Waals surface area contributed by atoms with E-state index >= 15 is 0 Å². The molecule has 1 amide bonds. The molecule has 0 bridgehead atoms. The Morgan fingerprint density at radius 2 is 2.14 bits per heavy atom. The predicted octanol–water partition coefficient (Wildman–Crippen LogP) is 1.77. The van der Waals surface area contributed by atoms with Crippen molar-refractivity contribution in [1.29, 1.82) is 0 Å². The second-order valence-electron chi connectivity index (χ2n) is 6.42. The topological polar surface area (TPSA) is 50.2 Å². The van der Waals surface area contributed by atoms with Crippen LogP contribution in [-0.4, -0.2) is 39.5 Å². The third kappa shape index (κ3) is 3.64. The van der Waals surface area contributed by atoms with Crippen molar-refractivity contribution in [3.8, 4) is 0 Å². The number of nitrogens with zero attached hydrogens (tertiary/aromatic N) is 3. The predicted molar refractivity (Wildman–Crippen MR) is 84.0 cm³/mol. The first kappa shape index (κ1) is 16.0. The largest absolute Gasteiger partial charge is 0.341 e. The number of aryl methyl sites for hydroxylation is 1. The highest BCUT2D eigenvalue weighted by Gasteiger charge is 2.25. The van der Waals surface area contributed by atoms with Gasteiger partial charge in [0.1, 0.15) is 5.82 Å². The summed E-state index contributed by atoms with van der Waals surface area (Å²) in [5.74, 6) is 1.42. The zero-order chi connectivity index (χ0) is 15.6. The van der Waals surface area contributed by atoms with Crippen molar-refractivity contribution in [2.75, 3.05) is 13.1 Å². The molecule has 1 unspecified atom stereocenters. The van der Waals surface area contributed by atoms with Crippen molar-refractivity contribution in [2.24, 2.45) is 13.0 Å². The van der Waals surface area contributed by atoms with Crippen LogP contribution in [0.2, 0.25) is 0 Å². The number of imidazole rings is 1. The van der Waals surface area contributed by atoms with Crippen LogP contribution in [-0.2, 0) is 18.4 Å². The molecule has 2 rings (SSSR count). The molecular formula is C16H28N4O. The number of piperidine rings is 1. The van der Waals surface area contributed by atoms with Gasteiger partial charge in [-0.25, -0.2) is 4.98 Å². The number of carbonyl (C=O) groups excluding carboxylic acids is 1. The molecule has 0 saturated carbocycles. The van der Waals surface area contributed by atoms with Crippen LogP contribution in [0.15, 0.2) is 0 Å². The Balaban J connectivity index is 1.91. The summed E-state index contributed by atoms with van der Waals surface area (Å²) in [7, 11) is 2.06. The first-order chi connectivity index (χ1) is 9.90. The first-order valence-electron chi connectivity index (χ1n) is 7.91. The molecule has 1 saturated heterocycles. The summed E-state index contributed by atoms with van der Waals surface area (Å²) < 4.78 is 2.14. The fourth-order valence-electron chi connectivity index (χ4n) is 2.89. The van der Waals surface area contributed by atoms with Crippen molar-refractivity contribution in [3.05, 3.63) is 17.2 Å². The summed E-state index contributed by atoms with van der Waals surface area (Å²) in [6, 6.07) is 0.374. The molecule has 2 heterocycles. The van der Waals surface area contributed by atoms with Gasteiger partial charge in [-0.15, -0.1) is 0 Å². The zero-order valence-electron chi connectivity index (χ0n) is 13.9. The highest BCUT2D eigenvalue weighted by molar-refractivity contribution is 5.78. The molecule has 5 heteroatoms. The molecule has 0 aromatic carbocycles. The molecule has 1 fully saturated rings. The summed E-state index contributed by atoms with van der Waals surface area (Å²) >= 11 is 0. The zero-order valence-corrected chi connectivity index (χ0v) is 13.9. The molecule has 1 aliphatic heterocycles. The lowest BCUT2D eigenvalue weighted by atomic mass is 10.0. The molecule has 1 N–H and O–H groups in total. The van der Waals surface area contributed by atoms with Crippen LogP contribution >= 0.6 is 0 Å². The quantitative estimate of drug-likeness (QED) is 0.920. The summed E-state index contributed by atoms with van der Waals surface area (Å²) in [5, 5.41) is 3.57. The highest BCUT2D eigenvalue weighted by Crippen LogP contribution is 2.14. The Bertz CT molecular complexity index is 507. The summed E-state index contributed by atoms with van der Waals surface area (Å²) in [6.45, 7) is 10.6. The van der Waals surface area contributed by atoms with Crippen LogP contribution in [0.5, 0.6) is 0 Å². The summed E-state index contributed by atoms with van der Waals surface area (Å²) in [5.41, 5.74) is 2.31. The molecule has 1 aromatic heterocycles. The summed E-state index contributed by atoms with van der Waals surface area (Å²) in [4.78, 5) is 18.7. The fraction of sp³-hybridized carbons (Fsp3) is 0.750. The van der Waals surface area contributed by atoms with Gasteiger partial charge < -0.3 is 14.8 Å². The number of nitrogens with one attached hydrogen (secondary N) is 1. The van der Waals surface area contributed by atoms with Crippen LogP contribution in [0.4, 0.5) is 0 Å². The normalized spacial score (nSPS) is 19.3. The second-order valence-corrected chi connectivity index (χ2v) is 6.42. The number of likely N-dealkylation sites (tertiary alicyclic amines) is 1. The van der Waals surface area contributed by atoms with E-state index in [1.54, 1.807) is 0 Å². The maximum absolute atomic E-state index is 12.1. The van der Waals surface area contributed by atoms with E-state index < -0.39 is 0 Å². The van der Waals surface area contributed by atoms with E-state index in [1.807, 2.05) is 25.7 Å². The van der Waals surface area contributed by atoms with E-state index in [2.05, 4.69) is 28.8 Å². The van der Waals surface area contributed by atoms with E-state index in [-0.39, 0.29) is 11.8 Å². The standard InChI is InChI=1S/C16H28N4O/c1-11(2)16(21)20-8-6-7-14(10-20)17-9-15-18-12(3)13(4)19(15)5/h11,14,17H,6-10H2,1-5H3. The maximum Gasteiger partial charge on any atom is 0.225 e. The Morgan fingerprint density at radius 3 is 2.71 bits per heavy atom. The molecule has 1 aromatic rings. The number of rotatable bonds is 4. The minimum absolute atomic E-state index is 0.0867. The highest BCUT2D eigenvalue weighted by atomic mass is 16.2. The average molecular weight is 292 g/mol. The van der Waals surface area contributed by atoms with Crippen molar-refractivity contribution < 1.29 is 4.79 Å². The smallest absolute Gasteiger partial charge is 0.225 e. The molecule has 1 aliphatic rings. The average Bonchev–Trinajstić information content (AvgIpc) is 2.71. The number of amides is 1. The molecule has 5 nitrogen and oxygen atoms in total.